The third kappa shape index (κ3) is 2.16. The average Bonchev–Trinajstić information content (AvgIpc) is 3.23. The average molecular weight is 333 g/mol. The van der Waals surface area contributed by atoms with E-state index in [4.69, 9.17) is 5.73 Å². The summed E-state index contributed by atoms with van der Waals surface area (Å²) >= 11 is 0. The van der Waals surface area contributed by atoms with E-state index in [-0.39, 0.29) is 0 Å². The van der Waals surface area contributed by atoms with Crippen LogP contribution in [-0.2, 0) is 5.54 Å². The molecule has 0 radical (unpaired) electrons. The van der Waals surface area contributed by atoms with Crippen molar-refractivity contribution < 1.29 is 0 Å². The second-order valence-electron chi connectivity index (χ2n) is 6.80. The third-order valence-electron chi connectivity index (χ3n) is 5.19. The van der Waals surface area contributed by atoms with Gasteiger partial charge in [0.05, 0.1) is 17.3 Å². The molecule has 4 aromatic heterocycles. The Kier molecular flexibility index (Phi) is 2.98. The van der Waals surface area contributed by atoms with E-state index in [9.17, 15) is 0 Å². The van der Waals surface area contributed by atoms with Gasteiger partial charge in [-0.25, -0.2) is 14.5 Å². The minimum Gasteiger partial charge on any atom is -0.319 e. The summed E-state index contributed by atoms with van der Waals surface area (Å²) in [6.45, 7) is 0. The highest BCUT2D eigenvalue weighted by molar-refractivity contribution is 5.80. The van der Waals surface area contributed by atoms with Gasteiger partial charge in [-0.15, -0.1) is 0 Å². The maximum atomic E-state index is 6.46. The van der Waals surface area contributed by atoms with Crippen molar-refractivity contribution in [3.05, 3.63) is 55.0 Å². The van der Waals surface area contributed by atoms with Crippen LogP contribution in [0.25, 0.3) is 22.3 Å². The molecule has 25 heavy (non-hydrogen) atoms. The fraction of sp³-hybridized carbons (Fsp3) is 0.278. The molecule has 0 saturated heterocycles. The molecule has 7 heteroatoms. The molecule has 0 amide bonds. The minimum absolute atomic E-state index is 0.429. The predicted octanol–water partition coefficient (Wildman–Crippen LogP) is 1.58. The summed E-state index contributed by atoms with van der Waals surface area (Å²) in [5, 5.41) is 7.92. The first-order valence-electron chi connectivity index (χ1n) is 8.40. The lowest BCUT2D eigenvalue weighted by Gasteiger charge is -2.43. The van der Waals surface area contributed by atoms with Crippen LogP contribution < -0.4 is 11.1 Å². The van der Waals surface area contributed by atoms with Crippen LogP contribution in [0.2, 0.25) is 0 Å². The van der Waals surface area contributed by atoms with Crippen molar-refractivity contribution in [1.82, 2.24) is 29.3 Å². The molecule has 0 aliphatic heterocycles. The topological polar surface area (TPSA) is 85.5 Å². The summed E-state index contributed by atoms with van der Waals surface area (Å²) in [7, 11) is 1.96. The molecule has 126 valence electrons. The minimum atomic E-state index is -0.429. The summed E-state index contributed by atoms with van der Waals surface area (Å²) in [6.07, 6.45) is 11.4. The molecule has 0 aromatic carbocycles. The highest BCUT2D eigenvalue weighted by Gasteiger charge is 2.44. The zero-order valence-electron chi connectivity index (χ0n) is 13.9. The van der Waals surface area contributed by atoms with E-state index in [1.54, 1.807) is 6.20 Å². The Morgan fingerprint density at radius 2 is 2.08 bits per heavy atom. The van der Waals surface area contributed by atoms with Crippen LogP contribution in [0.1, 0.15) is 18.7 Å². The van der Waals surface area contributed by atoms with E-state index in [1.165, 1.54) is 0 Å². The lowest BCUT2D eigenvalue weighted by atomic mass is 9.73. The van der Waals surface area contributed by atoms with Crippen LogP contribution in [-0.4, -0.2) is 37.1 Å². The zero-order valence-corrected chi connectivity index (χ0v) is 13.9. The lowest BCUT2D eigenvalue weighted by Crippen LogP contribution is -2.57. The molecule has 1 aliphatic carbocycles. The smallest absolute Gasteiger partial charge is 0.169 e. The molecular weight excluding hydrogens is 314 g/mol. The van der Waals surface area contributed by atoms with Crippen molar-refractivity contribution in [2.24, 2.45) is 5.73 Å². The number of nitrogens with zero attached hydrogens (tertiary/aromatic N) is 5. The Balaban J connectivity index is 1.55. The van der Waals surface area contributed by atoms with Crippen LogP contribution in [0, 0.1) is 0 Å². The summed E-state index contributed by atoms with van der Waals surface area (Å²) in [6, 6.07) is 6.59. The number of hydrogen-bond donors (Lipinski definition) is 2. The molecule has 1 aliphatic rings. The third-order valence-corrected chi connectivity index (χ3v) is 5.19. The van der Waals surface area contributed by atoms with Crippen molar-refractivity contribution >= 4 is 11.2 Å². The van der Waals surface area contributed by atoms with Gasteiger partial charge in [-0.2, -0.15) is 5.10 Å². The van der Waals surface area contributed by atoms with Crippen LogP contribution in [0.15, 0.2) is 49.2 Å². The van der Waals surface area contributed by atoms with Crippen molar-refractivity contribution in [3.8, 4) is 11.1 Å². The first kappa shape index (κ1) is 14.6. The van der Waals surface area contributed by atoms with Gasteiger partial charge in [0.15, 0.2) is 5.82 Å². The highest BCUT2D eigenvalue weighted by Crippen LogP contribution is 2.37. The largest absolute Gasteiger partial charge is 0.319 e. The summed E-state index contributed by atoms with van der Waals surface area (Å²) in [5.41, 5.74) is 10.1. The normalized spacial score (nSPS) is 23.2. The number of pyridine rings is 1. The molecule has 3 N–H and O–H groups in total. The van der Waals surface area contributed by atoms with Gasteiger partial charge in [0.25, 0.3) is 0 Å². The van der Waals surface area contributed by atoms with E-state index < -0.39 is 5.54 Å². The van der Waals surface area contributed by atoms with Gasteiger partial charge in [-0.3, -0.25) is 0 Å². The SMILES string of the molecule is CNC1CC(N)(c2ncc3c(-c4ccc5nccn5c4)ccn3n2)C1. The highest BCUT2D eigenvalue weighted by atomic mass is 15.3. The molecule has 7 nitrogen and oxygen atoms in total. The standard InChI is InChI=1S/C18H19N7/c1-20-13-8-18(19,9-13)17-22-10-15-14(4-6-25(15)23-17)12-2-3-16-21-5-7-24(16)11-12/h2-7,10-11,13,20H,8-9,19H2,1H3. The van der Waals surface area contributed by atoms with Crippen molar-refractivity contribution in [2.45, 2.75) is 24.4 Å². The van der Waals surface area contributed by atoms with E-state index in [1.807, 2.05) is 40.6 Å². The Hall–Kier alpha value is -2.77. The van der Waals surface area contributed by atoms with E-state index in [0.29, 0.717) is 11.9 Å². The van der Waals surface area contributed by atoms with Gasteiger partial charge in [0.1, 0.15) is 5.65 Å². The molecule has 0 spiro atoms. The quantitative estimate of drug-likeness (QED) is 0.594. The number of aromatic nitrogens is 5. The molecule has 5 rings (SSSR count). The van der Waals surface area contributed by atoms with Gasteiger partial charge in [-0.05, 0) is 38.1 Å². The molecule has 0 atom stereocenters. The van der Waals surface area contributed by atoms with Crippen LogP contribution >= 0.6 is 0 Å². The van der Waals surface area contributed by atoms with Gasteiger partial charge in [-0.1, -0.05) is 0 Å². The molecule has 0 bridgehead atoms. The molecule has 4 heterocycles. The van der Waals surface area contributed by atoms with E-state index >= 15 is 0 Å². The van der Waals surface area contributed by atoms with Gasteiger partial charge < -0.3 is 15.5 Å². The molecule has 0 unspecified atom stereocenters. The second-order valence-corrected chi connectivity index (χ2v) is 6.80. The number of nitrogens with one attached hydrogen (secondary N) is 1. The lowest BCUT2D eigenvalue weighted by molar-refractivity contribution is 0.172. The first-order chi connectivity index (χ1) is 12.2. The van der Waals surface area contributed by atoms with Gasteiger partial charge >= 0.3 is 0 Å². The number of imidazole rings is 1. The monoisotopic (exact) mass is 333 g/mol. The Bertz CT molecular complexity index is 1070. The fourth-order valence-corrected chi connectivity index (χ4v) is 3.66. The molecule has 1 fully saturated rings. The van der Waals surface area contributed by atoms with Crippen LogP contribution in [0.5, 0.6) is 0 Å². The zero-order chi connectivity index (χ0) is 17.0. The summed E-state index contributed by atoms with van der Waals surface area (Å²) < 4.78 is 3.88. The Morgan fingerprint density at radius 3 is 2.92 bits per heavy atom. The van der Waals surface area contributed by atoms with Crippen molar-refractivity contribution in [2.75, 3.05) is 7.05 Å². The Labute approximate surface area is 144 Å². The summed E-state index contributed by atoms with van der Waals surface area (Å²) in [5.74, 6) is 0.707. The predicted molar refractivity (Wildman–Crippen MR) is 95.1 cm³/mol. The van der Waals surface area contributed by atoms with Crippen molar-refractivity contribution in [1.29, 1.82) is 0 Å². The summed E-state index contributed by atoms with van der Waals surface area (Å²) in [4.78, 5) is 8.86. The maximum absolute atomic E-state index is 6.46. The fourth-order valence-electron chi connectivity index (χ4n) is 3.66. The number of nitrogens with two attached hydrogens (primary N) is 1. The van der Waals surface area contributed by atoms with Crippen LogP contribution in [0.3, 0.4) is 0 Å². The maximum Gasteiger partial charge on any atom is 0.169 e. The Morgan fingerprint density at radius 1 is 1.20 bits per heavy atom. The molecule has 1 saturated carbocycles. The number of hydrogen-bond acceptors (Lipinski definition) is 5. The van der Waals surface area contributed by atoms with E-state index in [0.717, 1.165) is 35.1 Å². The van der Waals surface area contributed by atoms with Gasteiger partial charge in [0.2, 0.25) is 0 Å². The molecule has 4 aromatic rings. The second kappa shape index (κ2) is 5.11. The first-order valence-corrected chi connectivity index (χ1v) is 8.40. The number of rotatable bonds is 3. The van der Waals surface area contributed by atoms with E-state index in [2.05, 4.69) is 38.7 Å². The van der Waals surface area contributed by atoms with Crippen molar-refractivity contribution in [3.63, 3.8) is 0 Å². The molecular formula is C18H19N7. The van der Waals surface area contributed by atoms with Gasteiger partial charge in [0, 0.05) is 42.0 Å². The number of fused-ring (bicyclic) bond motifs is 2. The van der Waals surface area contributed by atoms with Crippen LogP contribution in [0.4, 0.5) is 0 Å².